The minimum Gasteiger partial charge on any atom is -0.493 e. The average molecular weight is 403 g/mol. The second-order valence-corrected chi connectivity index (χ2v) is 7.12. The highest BCUT2D eigenvalue weighted by molar-refractivity contribution is 5.96. The van der Waals surface area contributed by atoms with Crippen LogP contribution < -0.4 is 25.3 Å². The Balaban J connectivity index is 2.54. The molecule has 2 rings (SSSR count). The van der Waals surface area contributed by atoms with Crippen molar-refractivity contribution >= 4 is 11.8 Å². The first kappa shape index (κ1) is 22.3. The molecular formula is C21H29N3O5. The number of nitrogens with two attached hydrogens (primary N) is 1. The summed E-state index contributed by atoms with van der Waals surface area (Å²) >= 11 is 0. The molecule has 0 aliphatic heterocycles. The molecule has 158 valence electrons. The lowest BCUT2D eigenvalue weighted by atomic mass is 9.76. The molecule has 1 aromatic rings. The summed E-state index contributed by atoms with van der Waals surface area (Å²) in [5, 5.41) is 11.5. The number of carbonyl (C=O) groups excluding carboxylic acids is 2. The van der Waals surface area contributed by atoms with Gasteiger partial charge in [-0.05, 0) is 31.2 Å². The SMILES string of the molecule is COc1cc(C(N)=O)c(CC(C(=O)NCC#N)C2CCCCC2)c(OC)c1OC. The quantitative estimate of drug-likeness (QED) is 0.609. The number of amides is 2. The maximum atomic E-state index is 12.9. The number of nitriles is 1. The Bertz CT molecular complexity index is 782. The summed E-state index contributed by atoms with van der Waals surface area (Å²) in [5.41, 5.74) is 6.37. The molecule has 8 nitrogen and oxygen atoms in total. The van der Waals surface area contributed by atoms with Crippen LogP contribution in [0.5, 0.6) is 17.2 Å². The van der Waals surface area contributed by atoms with Gasteiger partial charge in [-0.1, -0.05) is 19.3 Å². The van der Waals surface area contributed by atoms with Crippen LogP contribution in [0.3, 0.4) is 0 Å². The molecule has 0 bridgehead atoms. The Morgan fingerprint density at radius 2 is 1.83 bits per heavy atom. The van der Waals surface area contributed by atoms with E-state index in [1.165, 1.54) is 27.4 Å². The van der Waals surface area contributed by atoms with E-state index >= 15 is 0 Å². The molecule has 1 aliphatic carbocycles. The van der Waals surface area contributed by atoms with Gasteiger partial charge in [0.05, 0.1) is 27.4 Å². The predicted octanol–water partition coefficient (Wildman–Crippen LogP) is 2.19. The minimum atomic E-state index is -0.640. The Morgan fingerprint density at radius 3 is 2.34 bits per heavy atom. The Kier molecular flexibility index (Phi) is 8.13. The highest BCUT2D eigenvalue weighted by atomic mass is 16.5. The van der Waals surface area contributed by atoms with Crippen molar-refractivity contribution in [1.82, 2.24) is 5.32 Å². The van der Waals surface area contributed by atoms with Gasteiger partial charge in [-0.3, -0.25) is 9.59 Å². The van der Waals surface area contributed by atoms with Crippen LogP contribution in [0.2, 0.25) is 0 Å². The number of methoxy groups -OCH3 is 3. The van der Waals surface area contributed by atoms with Crippen LogP contribution in [0.15, 0.2) is 6.07 Å². The highest BCUT2D eigenvalue weighted by Crippen LogP contribution is 2.44. The molecule has 2 amide bonds. The third-order valence-corrected chi connectivity index (χ3v) is 5.52. The monoisotopic (exact) mass is 403 g/mol. The number of hydrogen-bond donors (Lipinski definition) is 2. The van der Waals surface area contributed by atoms with Crippen LogP contribution in [0, 0.1) is 23.2 Å². The molecule has 8 heteroatoms. The third-order valence-electron chi connectivity index (χ3n) is 5.52. The van der Waals surface area contributed by atoms with Gasteiger partial charge < -0.3 is 25.3 Å². The molecule has 1 aromatic carbocycles. The van der Waals surface area contributed by atoms with Crippen LogP contribution in [0.25, 0.3) is 0 Å². The van der Waals surface area contributed by atoms with E-state index in [9.17, 15) is 9.59 Å². The molecule has 1 saturated carbocycles. The van der Waals surface area contributed by atoms with E-state index in [2.05, 4.69) is 5.32 Å². The van der Waals surface area contributed by atoms with Gasteiger partial charge in [0.15, 0.2) is 11.5 Å². The first-order valence-corrected chi connectivity index (χ1v) is 9.74. The van der Waals surface area contributed by atoms with Crippen LogP contribution in [-0.4, -0.2) is 39.7 Å². The van der Waals surface area contributed by atoms with Crippen molar-refractivity contribution in [3.63, 3.8) is 0 Å². The lowest BCUT2D eigenvalue weighted by Crippen LogP contribution is -2.37. The van der Waals surface area contributed by atoms with Crippen LogP contribution in [-0.2, 0) is 11.2 Å². The zero-order chi connectivity index (χ0) is 21.4. The lowest BCUT2D eigenvalue weighted by Gasteiger charge is -2.30. The topological polar surface area (TPSA) is 124 Å². The van der Waals surface area contributed by atoms with Crippen molar-refractivity contribution in [3.05, 3.63) is 17.2 Å². The molecule has 3 N–H and O–H groups in total. The number of ether oxygens (including phenoxy) is 3. The third kappa shape index (κ3) is 5.11. The van der Waals surface area contributed by atoms with Gasteiger partial charge in [-0.15, -0.1) is 0 Å². The second-order valence-electron chi connectivity index (χ2n) is 7.12. The van der Waals surface area contributed by atoms with Crippen molar-refractivity contribution in [1.29, 1.82) is 5.26 Å². The van der Waals surface area contributed by atoms with Crippen molar-refractivity contribution in [2.45, 2.75) is 38.5 Å². The summed E-state index contributed by atoms with van der Waals surface area (Å²) in [6.07, 6.45) is 5.36. The Hall–Kier alpha value is -2.95. The molecular weight excluding hydrogens is 374 g/mol. The number of nitrogens with one attached hydrogen (secondary N) is 1. The zero-order valence-corrected chi connectivity index (χ0v) is 17.2. The summed E-state index contributed by atoms with van der Waals surface area (Å²) < 4.78 is 16.3. The van der Waals surface area contributed by atoms with E-state index in [4.69, 9.17) is 25.2 Å². The summed E-state index contributed by atoms with van der Waals surface area (Å²) in [5.74, 6) is -0.103. The number of primary amides is 1. The highest BCUT2D eigenvalue weighted by Gasteiger charge is 2.33. The van der Waals surface area contributed by atoms with Gasteiger partial charge in [0.1, 0.15) is 6.54 Å². The number of carbonyl (C=O) groups is 2. The first-order chi connectivity index (χ1) is 14.0. The van der Waals surface area contributed by atoms with Gasteiger partial charge in [0.25, 0.3) is 0 Å². The number of nitrogens with zero attached hydrogens (tertiary/aromatic N) is 1. The molecule has 0 aromatic heterocycles. The predicted molar refractivity (Wildman–Crippen MR) is 107 cm³/mol. The van der Waals surface area contributed by atoms with Crippen molar-refractivity contribution in [2.75, 3.05) is 27.9 Å². The summed E-state index contributed by atoms with van der Waals surface area (Å²) in [4.78, 5) is 25.1. The molecule has 0 saturated heterocycles. The molecule has 0 spiro atoms. The van der Waals surface area contributed by atoms with Gasteiger partial charge in [-0.25, -0.2) is 0 Å². The van der Waals surface area contributed by atoms with Crippen LogP contribution >= 0.6 is 0 Å². The maximum Gasteiger partial charge on any atom is 0.249 e. The van der Waals surface area contributed by atoms with Crippen LogP contribution in [0.4, 0.5) is 0 Å². The molecule has 1 fully saturated rings. The fraction of sp³-hybridized carbons (Fsp3) is 0.571. The summed E-state index contributed by atoms with van der Waals surface area (Å²) in [7, 11) is 4.41. The fourth-order valence-electron chi connectivity index (χ4n) is 4.13. The molecule has 1 aliphatic rings. The van der Waals surface area contributed by atoms with Crippen LogP contribution in [0.1, 0.15) is 48.0 Å². The maximum absolute atomic E-state index is 12.9. The molecule has 29 heavy (non-hydrogen) atoms. The van der Waals surface area contributed by atoms with E-state index < -0.39 is 11.8 Å². The van der Waals surface area contributed by atoms with E-state index in [1.54, 1.807) is 0 Å². The van der Waals surface area contributed by atoms with E-state index in [1.807, 2.05) is 6.07 Å². The number of rotatable bonds is 9. The lowest BCUT2D eigenvalue weighted by molar-refractivity contribution is -0.126. The standard InChI is InChI=1S/C21H29N3O5/c1-27-17-12-16(20(23)25)15(18(28-2)19(17)29-3)11-14(21(26)24-10-9-22)13-7-5-4-6-8-13/h12-14H,4-8,10-11H2,1-3H3,(H2,23,25)(H,24,26). The number of benzene rings is 1. The number of hydrogen-bond acceptors (Lipinski definition) is 6. The smallest absolute Gasteiger partial charge is 0.249 e. The van der Waals surface area contributed by atoms with Crippen molar-refractivity contribution in [2.24, 2.45) is 17.6 Å². The van der Waals surface area contributed by atoms with Gasteiger partial charge in [0.2, 0.25) is 17.6 Å². The van der Waals surface area contributed by atoms with Crippen molar-refractivity contribution in [3.8, 4) is 23.3 Å². The average Bonchev–Trinajstić information content (AvgIpc) is 2.74. The fourth-order valence-corrected chi connectivity index (χ4v) is 4.13. The molecule has 0 radical (unpaired) electrons. The zero-order valence-electron chi connectivity index (χ0n) is 17.2. The minimum absolute atomic E-state index is 0.0617. The summed E-state index contributed by atoms with van der Waals surface area (Å²) in [6, 6.07) is 3.46. The van der Waals surface area contributed by atoms with Gasteiger partial charge >= 0.3 is 0 Å². The summed E-state index contributed by atoms with van der Waals surface area (Å²) in [6.45, 7) is -0.0617. The van der Waals surface area contributed by atoms with Crippen molar-refractivity contribution < 1.29 is 23.8 Å². The van der Waals surface area contributed by atoms with Gasteiger partial charge in [0, 0.05) is 17.0 Å². The van der Waals surface area contributed by atoms with E-state index in [0.717, 1.165) is 32.1 Å². The molecule has 1 unspecified atom stereocenters. The first-order valence-electron chi connectivity index (χ1n) is 9.74. The Labute approximate surface area is 171 Å². The van der Waals surface area contributed by atoms with Gasteiger partial charge in [-0.2, -0.15) is 5.26 Å². The van der Waals surface area contributed by atoms with E-state index in [0.29, 0.717) is 22.8 Å². The second kappa shape index (κ2) is 10.6. The largest absolute Gasteiger partial charge is 0.493 e. The molecule has 1 atom stereocenters. The Morgan fingerprint density at radius 1 is 1.17 bits per heavy atom. The normalized spacial score (nSPS) is 15.1. The van der Waals surface area contributed by atoms with E-state index in [-0.39, 0.29) is 30.4 Å². The molecule has 0 heterocycles.